The van der Waals surface area contributed by atoms with Crippen LogP contribution in [0.2, 0.25) is 0 Å². The third-order valence-corrected chi connectivity index (χ3v) is 3.69. The predicted octanol–water partition coefficient (Wildman–Crippen LogP) is 3.38. The van der Waals surface area contributed by atoms with Gasteiger partial charge in [-0.05, 0) is 46.1 Å². The largest absolute Gasteiger partial charge is 0.384 e. The van der Waals surface area contributed by atoms with Gasteiger partial charge in [0, 0.05) is 10.1 Å². The molecule has 1 aromatic carbocycles. The summed E-state index contributed by atoms with van der Waals surface area (Å²) in [5, 5.41) is 3.48. The molecule has 0 saturated carbocycles. The number of anilines is 1. The van der Waals surface area contributed by atoms with Crippen LogP contribution in [0.15, 0.2) is 18.2 Å². The second kappa shape index (κ2) is 3.15. The van der Waals surface area contributed by atoms with Crippen molar-refractivity contribution in [3.05, 3.63) is 27.3 Å². The molecule has 0 atom stereocenters. The van der Waals surface area contributed by atoms with Crippen LogP contribution in [0, 0.1) is 3.57 Å². The molecule has 2 rings (SSSR count). The van der Waals surface area contributed by atoms with Crippen molar-refractivity contribution in [2.24, 2.45) is 0 Å². The molecule has 0 spiro atoms. The zero-order chi connectivity index (χ0) is 9.47. The molecule has 13 heavy (non-hydrogen) atoms. The highest BCUT2D eigenvalue weighted by Crippen LogP contribution is 2.38. The average Bonchev–Trinajstić information content (AvgIpc) is 2.06. The average molecular weight is 287 g/mol. The summed E-state index contributed by atoms with van der Waals surface area (Å²) in [5.74, 6) is 0. The fourth-order valence-corrected chi connectivity index (χ4v) is 2.59. The van der Waals surface area contributed by atoms with Gasteiger partial charge in [-0.2, -0.15) is 0 Å². The van der Waals surface area contributed by atoms with E-state index in [0.29, 0.717) is 5.41 Å². The molecule has 1 aromatic rings. The number of rotatable bonds is 0. The van der Waals surface area contributed by atoms with Crippen LogP contribution < -0.4 is 5.32 Å². The molecular weight excluding hydrogens is 273 g/mol. The SMILES string of the molecule is CC1(C)CCNc2c(I)cccc21. The van der Waals surface area contributed by atoms with Crippen molar-refractivity contribution in [1.82, 2.24) is 0 Å². The zero-order valence-corrected chi connectivity index (χ0v) is 10.2. The van der Waals surface area contributed by atoms with E-state index < -0.39 is 0 Å². The molecular formula is C11H14IN. The topological polar surface area (TPSA) is 12.0 Å². The maximum absolute atomic E-state index is 3.48. The molecule has 1 heterocycles. The second-order valence-electron chi connectivity index (χ2n) is 4.22. The Kier molecular flexibility index (Phi) is 2.26. The first-order valence-corrected chi connectivity index (χ1v) is 5.72. The molecule has 0 bridgehead atoms. The predicted molar refractivity (Wildman–Crippen MR) is 65.3 cm³/mol. The lowest BCUT2D eigenvalue weighted by Crippen LogP contribution is -2.28. The van der Waals surface area contributed by atoms with Crippen LogP contribution >= 0.6 is 22.6 Å². The van der Waals surface area contributed by atoms with Gasteiger partial charge in [-0.1, -0.05) is 26.0 Å². The second-order valence-corrected chi connectivity index (χ2v) is 5.39. The van der Waals surface area contributed by atoms with Gasteiger partial charge >= 0.3 is 0 Å². The Labute approximate surface area is 93.1 Å². The van der Waals surface area contributed by atoms with E-state index in [9.17, 15) is 0 Å². The van der Waals surface area contributed by atoms with E-state index in [1.165, 1.54) is 21.2 Å². The van der Waals surface area contributed by atoms with Crippen molar-refractivity contribution in [2.75, 3.05) is 11.9 Å². The van der Waals surface area contributed by atoms with Crippen molar-refractivity contribution < 1.29 is 0 Å². The van der Waals surface area contributed by atoms with Crippen LogP contribution in [0.25, 0.3) is 0 Å². The zero-order valence-electron chi connectivity index (χ0n) is 8.02. The summed E-state index contributed by atoms with van der Waals surface area (Å²) >= 11 is 2.40. The molecule has 1 N–H and O–H groups in total. The lowest BCUT2D eigenvalue weighted by molar-refractivity contribution is 0.481. The number of hydrogen-bond donors (Lipinski definition) is 1. The maximum Gasteiger partial charge on any atom is 0.0513 e. The maximum atomic E-state index is 3.48. The van der Waals surface area contributed by atoms with Crippen molar-refractivity contribution in [1.29, 1.82) is 0 Å². The summed E-state index contributed by atoms with van der Waals surface area (Å²) in [6.07, 6.45) is 1.22. The fourth-order valence-electron chi connectivity index (χ4n) is 1.90. The summed E-state index contributed by atoms with van der Waals surface area (Å²) in [6, 6.07) is 6.55. The Hall–Kier alpha value is -0.250. The van der Waals surface area contributed by atoms with Crippen molar-refractivity contribution in [3.8, 4) is 0 Å². The van der Waals surface area contributed by atoms with Crippen LogP contribution in [0.5, 0.6) is 0 Å². The Morgan fingerprint density at radius 3 is 2.85 bits per heavy atom. The first kappa shape index (κ1) is 9.31. The number of fused-ring (bicyclic) bond motifs is 1. The minimum atomic E-state index is 0.335. The van der Waals surface area contributed by atoms with Crippen molar-refractivity contribution in [2.45, 2.75) is 25.7 Å². The van der Waals surface area contributed by atoms with E-state index in [2.05, 4.69) is 60.0 Å². The third kappa shape index (κ3) is 1.56. The molecule has 0 aliphatic carbocycles. The van der Waals surface area contributed by atoms with E-state index >= 15 is 0 Å². The molecule has 2 heteroatoms. The highest BCUT2D eigenvalue weighted by molar-refractivity contribution is 14.1. The van der Waals surface area contributed by atoms with Crippen LogP contribution in [0.1, 0.15) is 25.8 Å². The molecule has 70 valence electrons. The van der Waals surface area contributed by atoms with E-state index in [4.69, 9.17) is 0 Å². The Morgan fingerprint density at radius 1 is 1.38 bits per heavy atom. The van der Waals surface area contributed by atoms with Crippen molar-refractivity contribution >= 4 is 28.3 Å². The minimum absolute atomic E-state index is 0.335. The van der Waals surface area contributed by atoms with Gasteiger partial charge in [0.05, 0.1) is 5.69 Å². The standard InChI is InChI=1S/C11H14IN/c1-11(2)6-7-13-10-8(11)4-3-5-9(10)12/h3-5,13H,6-7H2,1-2H3. The molecule has 0 unspecified atom stereocenters. The summed E-state index contributed by atoms with van der Waals surface area (Å²) in [7, 11) is 0. The normalized spacial score (nSPS) is 19.0. The fraction of sp³-hybridized carbons (Fsp3) is 0.455. The van der Waals surface area contributed by atoms with Gasteiger partial charge in [-0.25, -0.2) is 0 Å². The monoisotopic (exact) mass is 287 g/mol. The molecule has 1 aliphatic rings. The smallest absolute Gasteiger partial charge is 0.0513 e. The molecule has 0 fully saturated rings. The Bertz CT molecular complexity index is 331. The van der Waals surface area contributed by atoms with Gasteiger partial charge in [0.1, 0.15) is 0 Å². The van der Waals surface area contributed by atoms with E-state index in [1.54, 1.807) is 0 Å². The van der Waals surface area contributed by atoms with Crippen LogP contribution in [-0.2, 0) is 5.41 Å². The lowest BCUT2D eigenvalue weighted by Gasteiger charge is -2.33. The molecule has 0 aromatic heterocycles. The first-order valence-electron chi connectivity index (χ1n) is 4.64. The van der Waals surface area contributed by atoms with Gasteiger partial charge < -0.3 is 5.32 Å². The van der Waals surface area contributed by atoms with Gasteiger partial charge in [-0.3, -0.25) is 0 Å². The van der Waals surface area contributed by atoms with E-state index in [1.807, 2.05) is 0 Å². The highest BCUT2D eigenvalue weighted by atomic mass is 127. The highest BCUT2D eigenvalue weighted by Gasteiger charge is 2.27. The molecule has 0 saturated heterocycles. The van der Waals surface area contributed by atoms with E-state index in [-0.39, 0.29) is 0 Å². The van der Waals surface area contributed by atoms with Crippen molar-refractivity contribution in [3.63, 3.8) is 0 Å². The summed E-state index contributed by atoms with van der Waals surface area (Å²) in [6.45, 7) is 5.74. The molecule has 1 aliphatic heterocycles. The number of halogens is 1. The number of benzene rings is 1. The minimum Gasteiger partial charge on any atom is -0.384 e. The van der Waals surface area contributed by atoms with Crippen LogP contribution in [0.3, 0.4) is 0 Å². The first-order chi connectivity index (χ1) is 6.11. The summed E-state index contributed by atoms with van der Waals surface area (Å²) in [4.78, 5) is 0. The van der Waals surface area contributed by atoms with Gasteiger partial charge in [0.25, 0.3) is 0 Å². The quantitative estimate of drug-likeness (QED) is 0.721. The lowest BCUT2D eigenvalue weighted by atomic mass is 9.78. The Morgan fingerprint density at radius 2 is 2.15 bits per heavy atom. The summed E-state index contributed by atoms with van der Waals surface area (Å²) in [5.41, 5.74) is 3.15. The number of hydrogen-bond acceptors (Lipinski definition) is 1. The van der Waals surface area contributed by atoms with Gasteiger partial charge in [-0.15, -0.1) is 0 Å². The molecule has 0 amide bonds. The van der Waals surface area contributed by atoms with Crippen LogP contribution in [-0.4, -0.2) is 6.54 Å². The molecule has 0 radical (unpaired) electrons. The molecule has 1 nitrogen and oxygen atoms in total. The van der Waals surface area contributed by atoms with E-state index in [0.717, 1.165) is 6.54 Å². The van der Waals surface area contributed by atoms with Gasteiger partial charge in [0.2, 0.25) is 0 Å². The van der Waals surface area contributed by atoms with Crippen LogP contribution in [0.4, 0.5) is 5.69 Å². The summed E-state index contributed by atoms with van der Waals surface area (Å²) < 4.78 is 1.34. The van der Waals surface area contributed by atoms with Gasteiger partial charge in [0.15, 0.2) is 0 Å². The third-order valence-electron chi connectivity index (χ3n) is 2.79. The number of nitrogens with one attached hydrogen (secondary N) is 1. The Balaban J connectivity index is 2.58. The number of para-hydroxylation sites is 1.